The van der Waals surface area contributed by atoms with Crippen LogP contribution in [0.1, 0.15) is 51.3 Å². The van der Waals surface area contributed by atoms with Crippen LogP contribution in [0.5, 0.6) is 0 Å². The Morgan fingerprint density at radius 2 is 1.90 bits per heavy atom. The van der Waals surface area contributed by atoms with Crippen LogP contribution in [0.4, 0.5) is 6.01 Å². The van der Waals surface area contributed by atoms with Crippen molar-refractivity contribution in [1.29, 1.82) is 0 Å². The van der Waals surface area contributed by atoms with Gasteiger partial charge in [0.25, 0.3) is 0 Å². The Morgan fingerprint density at radius 3 is 2.43 bits per heavy atom. The third-order valence-corrected chi connectivity index (χ3v) is 6.44. The van der Waals surface area contributed by atoms with E-state index >= 15 is 0 Å². The van der Waals surface area contributed by atoms with E-state index in [0.717, 1.165) is 25.7 Å². The number of anilines is 1. The van der Waals surface area contributed by atoms with E-state index in [-0.39, 0.29) is 17.2 Å². The van der Waals surface area contributed by atoms with Gasteiger partial charge in [-0.3, -0.25) is 0 Å². The molecule has 118 valence electrons. The van der Waals surface area contributed by atoms with Crippen LogP contribution in [0.25, 0.3) is 0 Å². The third-order valence-electron chi connectivity index (χ3n) is 4.05. The highest BCUT2D eigenvalue weighted by Gasteiger charge is 2.41. The summed E-state index contributed by atoms with van der Waals surface area (Å²) < 4.78 is 31.1. The van der Waals surface area contributed by atoms with Gasteiger partial charge in [0, 0.05) is 25.0 Å². The van der Waals surface area contributed by atoms with E-state index in [0.29, 0.717) is 24.9 Å². The molecule has 2 fully saturated rings. The fraction of sp³-hybridized carbons (Fsp3) is 0.846. The number of hydrogen-bond acceptors (Lipinski definition) is 6. The van der Waals surface area contributed by atoms with Crippen LogP contribution in [0.15, 0.2) is 4.52 Å². The number of sulfonamides is 1. The number of piperidine rings is 1. The zero-order chi connectivity index (χ0) is 15.0. The summed E-state index contributed by atoms with van der Waals surface area (Å²) in [7, 11) is -3.04. The molecule has 2 heterocycles. The predicted octanol–water partition coefficient (Wildman–Crippen LogP) is 1.56. The van der Waals surface area contributed by atoms with Gasteiger partial charge in [0.15, 0.2) is 5.82 Å². The SMILES string of the molecule is CC(C)c1noc(NC2CCN(S(=O)(=O)C3CC3)CC2)n1. The Morgan fingerprint density at radius 1 is 1.24 bits per heavy atom. The van der Waals surface area contributed by atoms with E-state index < -0.39 is 10.0 Å². The largest absolute Gasteiger partial charge is 0.335 e. The van der Waals surface area contributed by atoms with E-state index in [1.165, 1.54) is 0 Å². The maximum atomic E-state index is 12.2. The summed E-state index contributed by atoms with van der Waals surface area (Å²) in [6.45, 7) is 5.16. The molecule has 0 atom stereocenters. The molecule has 1 N–H and O–H groups in total. The van der Waals surface area contributed by atoms with Crippen LogP contribution in [0, 0.1) is 0 Å². The quantitative estimate of drug-likeness (QED) is 0.887. The first kappa shape index (κ1) is 14.8. The average Bonchev–Trinajstić information content (AvgIpc) is 3.21. The van der Waals surface area contributed by atoms with E-state index in [2.05, 4.69) is 15.5 Å². The van der Waals surface area contributed by atoms with Crippen LogP contribution in [-0.4, -0.2) is 47.2 Å². The zero-order valence-electron chi connectivity index (χ0n) is 12.4. The van der Waals surface area contributed by atoms with Crippen LogP contribution >= 0.6 is 0 Å². The molecule has 1 aromatic rings. The lowest BCUT2D eigenvalue weighted by atomic mass is 10.1. The second kappa shape index (κ2) is 5.57. The average molecular weight is 314 g/mol. The number of nitrogens with one attached hydrogen (secondary N) is 1. The van der Waals surface area contributed by atoms with Crippen molar-refractivity contribution in [1.82, 2.24) is 14.4 Å². The minimum atomic E-state index is -3.04. The Bertz CT molecular complexity index is 586. The molecule has 3 rings (SSSR count). The molecule has 0 spiro atoms. The number of nitrogens with zero attached hydrogens (tertiary/aromatic N) is 3. The summed E-state index contributed by atoms with van der Waals surface area (Å²) in [5, 5.41) is 7.00. The molecule has 8 heteroatoms. The molecule has 0 radical (unpaired) electrons. The lowest BCUT2D eigenvalue weighted by Gasteiger charge is -2.31. The van der Waals surface area contributed by atoms with Crippen molar-refractivity contribution in [3.05, 3.63) is 5.82 Å². The number of aromatic nitrogens is 2. The molecule has 1 aliphatic heterocycles. The predicted molar refractivity (Wildman–Crippen MR) is 78.5 cm³/mol. The molecular weight excluding hydrogens is 292 g/mol. The van der Waals surface area contributed by atoms with Crippen LogP contribution in [-0.2, 0) is 10.0 Å². The lowest BCUT2D eigenvalue weighted by molar-refractivity contribution is 0.323. The van der Waals surface area contributed by atoms with Crippen molar-refractivity contribution in [3.63, 3.8) is 0 Å². The lowest BCUT2D eigenvalue weighted by Crippen LogP contribution is -2.43. The van der Waals surface area contributed by atoms with Crippen LogP contribution < -0.4 is 5.32 Å². The van der Waals surface area contributed by atoms with Gasteiger partial charge in [-0.2, -0.15) is 4.98 Å². The Kier molecular flexibility index (Phi) is 3.92. The molecule has 21 heavy (non-hydrogen) atoms. The van der Waals surface area contributed by atoms with Gasteiger partial charge in [0.2, 0.25) is 10.0 Å². The van der Waals surface area contributed by atoms with Crippen molar-refractivity contribution in [3.8, 4) is 0 Å². The first-order chi connectivity index (χ1) is 9.96. The first-order valence-electron chi connectivity index (χ1n) is 7.56. The third kappa shape index (κ3) is 3.21. The Balaban J connectivity index is 1.53. The summed E-state index contributed by atoms with van der Waals surface area (Å²) in [6.07, 6.45) is 3.18. The fourth-order valence-electron chi connectivity index (χ4n) is 2.53. The number of rotatable bonds is 5. The Labute approximate surface area is 125 Å². The van der Waals surface area contributed by atoms with Crippen molar-refractivity contribution in [2.24, 2.45) is 0 Å². The molecule has 1 saturated carbocycles. The van der Waals surface area contributed by atoms with Gasteiger partial charge in [-0.25, -0.2) is 12.7 Å². The molecule has 0 unspecified atom stereocenters. The standard InChI is InChI=1S/C13H22N4O3S/c1-9(2)12-15-13(20-16-12)14-10-5-7-17(8-6-10)21(18,19)11-3-4-11/h9-11H,3-8H2,1-2H3,(H,14,15,16). The summed E-state index contributed by atoms with van der Waals surface area (Å²) in [6, 6.07) is 0.623. The highest BCUT2D eigenvalue weighted by Crippen LogP contribution is 2.32. The van der Waals surface area contributed by atoms with Gasteiger partial charge in [-0.05, 0) is 25.7 Å². The van der Waals surface area contributed by atoms with Crippen LogP contribution in [0.2, 0.25) is 0 Å². The smallest absolute Gasteiger partial charge is 0.321 e. The second-order valence-electron chi connectivity index (χ2n) is 6.17. The summed E-state index contributed by atoms with van der Waals surface area (Å²) in [5.41, 5.74) is 0. The fourth-order valence-corrected chi connectivity index (χ4v) is 4.41. The molecule has 1 saturated heterocycles. The maximum absolute atomic E-state index is 12.2. The van der Waals surface area contributed by atoms with Gasteiger partial charge in [0.05, 0.1) is 5.25 Å². The van der Waals surface area contributed by atoms with E-state index in [1.54, 1.807) is 4.31 Å². The van der Waals surface area contributed by atoms with Crippen molar-refractivity contribution in [2.45, 2.75) is 56.7 Å². The van der Waals surface area contributed by atoms with Gasteiger partial charge >= 0.3 is 6.01 Å². The molecular formula is C13H22N4O3S. The van der Waals surface area contributed by atoms with Crippen LogP contribution in [0.3, 0.4) is 0 Å². The van der Waals surface area contributed by atoms with Crippen molar-refractivity contribution < 1.29 is 12.9 Å². The van der Waals surface area contributed by atoms with E-state index in [9.17, 15) is 8.42 Å². The summed E-state index contributed by atoms with van der Waals surface area (Å²) in [4.78, 5) is 4.29. The van der Waals surface area contributed by atoms with Crippen molar-refractivity contribution >= 4 is 16.0 Å². The molecule has 0 bridgehead atoms. The summed E-state index contributed by atoms with van der Waals surface area (Å²) >= 11 is 0. The molecule has 0 aromatic carbocycles. The molecule has 2 aliphatic rings. The molecule has 7 nitrogen and oxygen atoms in total. The van der Waals surface area contributed by atoms with Gasteiger partial charge in [0.1, 0.15) is 0 Å². The highest BCUT2D eigenvalue weighted by molar-refractivity contribution is 7.90. The molecule has 0 amide bonds. The van der Waals surface area contributed by atoms with Gasteiger partial charge in [-0.15, -0.1) is 0 Å². The minimum absolute atomic E-state index is 0.119. The minimum Gasteiger partial charge on any atom is -0.335 e. The highest BCUT2D eigenvalue weighted by atomic mass is 32.2. The normalized spacial score (nSPS) is 21.9. The van der Waals surface area contributed by atoms with Crippen molar-refractivity contribution in [2.75, 3.05) is 18.4 Å². The van der Waals surface area contributed by atoms with Gasteiger partial charge < -0.3 is 9.84 Å². The molecule has 1 aliphatic carbocycles. The van der Waals surface area contributed by atoms with Gasteiger partial charge in [-0.1, -0.05) is 19.0 Å². The zero-order valence-corrected chi connectivity index (χ0v) is 13.3. The maximum Gasteiger partial charge on any atom is 0.321 e. The second-order valence-corrected chi connectivity index (χ2v) is 8.39. The topological polar surface area (TPSA) is 88.3 Å². The molecule has 1 aromatic heterocycles. The van der Waals surface area contributed by atoms with E-state index in [1.807, 2.05) is 13.8 Å². The first-order valence-corrected chi connectivity index (χ1v) is 9.06. The monoisotopic (exact) mass is 314 g/mol. The Hall–Kier alpha value is -1.15. The summed E-state index contributed by atoms with van der Waals surface area (Å²) in [5.74, 6) is 0.918. The van der Waals surface area contributed by atoms with E-state index in [4.69, 9.17) is 4.52 Å². The number of hydrogen-bond donors (Lipinski definition) is 1.